The van der Waals surface area contributed by atoms with Gasteiger partial charge in [0.2, 0.25) is 5.89 Å². The van der Waals surface area contributed by atoms with E-state index in [-0.39, 0.29) is 24.0 Å². The second-order valence-electron chi connectivity index (χ2n) is 6.60. The number of hydrogen-bond acceptors (Lipinski definition) is 3. The van der Waals surface area contributed by atoms with Crippen molar-refractivity contribution in [3.8, 4) is 11.5 Å². The van der Waals surface area contributed by atoms with Gasteiger partial charge in [-0.15, -0.1) is 24.0 Å². The highest BCUT2D eigenvalue weighted by molar-refractivity contribution is 14.0. The number of aromatic nitrogens is 1. The number of oxazole rings is 1. The van der Waals surface area contributed by atoms with Crippen molar-refractivity contribution in [3.63, 3.8) is 0 Å². The van der Waals surface area contributed by atoms with Crippen molar-refractivity contribution in [1.82, 2.24) is 15.2 Å². The number of rotatable bonds is 3. The fourth-order valence-corrected chi connectivity index (χ4v) is 3.10. The Bertz CT molecular complexity index is 696. The Morgan fingerprint density at radius 1 is 1.36 bits per heavy atom. The van der Waals surface area contributed by atoms with Crippen molar-refractivity contribution >= 4 is 29.9 Å². The van der Waals surface area contributed by atoms with Crippen LogP contribution in [0.2, 0.25) is 0 Å². The normalized spacial score (nSPS) is 18.0. The average Bonchev–Trinajstić information content (AvgIpc) is 3.05. The summed E-state index contributed by atoms with van der Waals surface area (Å²) in [7, 11) is 1.84. The molecule has 0 saturated carbocycles. The molecule has 0 bridgehead atoms. The maximum atomic E-state index is 5.61. The zero-order chi connectivity index (χ0) is 16.9. The van der Waals surface area contributed by atoms with Crippen molar-refractivity contribution in [1.29, 1.82) is 0 Å². The first-order valence-electron chi connectivity index (χ1n) is 8.62. The highest BCUT2D eigenvalue weighted by Gasteiger charge is 2.19. The van der Waals surface area contributed by atoms with Crippen LogP contribution in [0.15, 0.2) is 39.9 Å². The summed E-state index contributed by atoms with van der Waals surface area (Å²) in [5, 5.41) is 3.40. The van der Waals surface area contributed by atoms with Crippen LogP contribution in [-0.4, -0.2) is 36.0 Å². The van der Waals surface area contributed by atoms with Gasteiger partial charge in [0.15, 0.2) is 5.96 Å². The van der Waals surface area contributed by atoms with Crippen molar-refractivity contribution < 1.29 is 4.42 Å². The quantitative estimate of drug-likeness (QED) is 0.432. The molecular weight excluding hydrogens is 427 g/mol. The predicted molar refractivity (Wildman–Crippen MR) is 112 cm³/mol. The van der Waals surface area contributed by atoms with Crippen LogP contribution < -0.4 is 5.32 Å². The van der Waals surface area contributed by atoms with Crippen molar-refractivity contribution in [2.75, 3.05) is 20.1 Å². The van der Waals surface area contributed by atoms with E-state index in [1.54, 1.807) is 6.26 Å². The van der Waals surface area contributed by atoms with E-state index in [0.29, 0.717) is 12.4 Å². The molecular formula is C19H27IN4O. The van der Waals surface area contributed by atoms with E-state index in [1.165, 1.54) is 18.4 Å². The highest BCUT2D eigenvalue weighted by atomic mass is 127. The lowest BCUT2D eigenvalue weighted by molar-refractivity contribution is 0.266. The Balaban J connectivity index is 0.00000225. The Morgan fingerprint density at radius 2 is 2.12 bits per heavy atom. The zero-order valence-corrected chi connectivity index (χ0v) is 17.5. The van der Waals surface area contributed by atoms with Gasteiger partial charge in [0.1, 0.15) is 6.26 Å². The molecule has 1 atom stereocenters. The van der Waals surface area contributed by atoms with Crippen LogP contribution >= 0.6 is 24.0 Å². The van der Waals surface area contributed by atoms with Crippen LogP contribution in [0, 0.1) is 12.8 Å². The lowest BCUT2D eigenvalue weighted by Gasteiger charge is -2.33. The summed E-state index contributed by atoms with van der Waals surface area (Å²) in [5.41, 5.74) is 3.12. The van der Waals surface area contributed by atoms with Gasteiger partial charge in [0.05, 0.1) is 12.2 Å². The van der Waals surface area contributed by atoms with Gasteiger partial charge in [-0.25, -0.2) is 4.98 Å². The molecule has 2 heterocycles. The minimum atomic E-state index is 0. The van der Waals surface area contributed by atoms with Gasteiger partial charge in [-0.05, 0) is 37.8 Å². The summed E-state index contributed by atoms with van der Waals surface area (Å²) in [6.45, 7) is 7.12. The van der Waals surface area contributed by atoms with Crippen molar-refractivity contribution in [2.45, 2.75) is 33.2 Å². The lowest BCUT2D eigenvalue weighted by atomic mass is 10.0. The molecule has 6 heteroatoms. The minimum absolute atomic E-state index is 0. The molecule has 2 aromatic rings. The van der Waals surface area contributed by atoms with Gasteiger partial charge < -0.3 is 14.6 Å². The van der Waals surface area contributed by atoms with E-state index >= 15 is 0 Å². The number of piperidine rings is 1. The fraction of sp³-hybridized carbons (Fsp3) is 0.474. The Hall–Kier alpha value is -1.57. The number of nitrogens with zero attached hydrogens (tertiary/aromatic N) is 3. The number of benzene rings is 1. The van der Waals surface area contributed by atoms with E-state index in [0.717, 1.165) is 36.2 Å². The van der Waals surface area contributed by atoms with Crippen LogP contribution in [0.1, 0.15) is 31.0 Å². The van der Waals surface area contributed by atoms with Crippen LogP contribution in [0.25, 0.3) is 11.5 Å². The third-order valence-corrected chi connectivity index (χ3v) is 4.45. The number of halogens is 1. The van der Waals surface area contributed by atoms with Crippen LogP contribution in [-0.2, 0) is 6.54 Å². The average molecular weight is 454 g/mol. The zero-order valence-electron chi connectivity index (χ0n) is 15.2. The summed E-state index contributed by atoms with van der Waals surface area (Å²) in [6, 6.07) is 8.20. The summed E-state index contributed by atoms with van der Waals surface area (Å²) in [5.74, 6) is 2.33. The monoisotopic (exact) mass is 454 g/mol. The molecule has 0 spiro atoms. The molecule has 5 nitrogen and oxygen atoms in total. The molecule has 1 aliphatic heterocycles. The first kappa shape index (κ1) is 19.8. The van der Waals surface area contributed by atoms with E-state index in [4.69, 9.17) is 4.42 Å². The molecule has 1 unspecified atom stereocenters. The standard InChI is InChI=1S/C19H26N4O.HI/c1-14-6-8-16(9-7-14)18-22-17(13-24-18)11-21-19(20-3)23-10-4-5-15(2)12-23;/h6-9,13,15H,4-5,10-12H2,1-3H3,(H,20,21);1H. The van der Waals surface area contributed by atoms with Crippen LogP contribution in [0.3, 0.4) is 0 Å². The highest BCUT2D eigenvalue weighted by Crippen LogP contribution is 2.19. The molecule has 1 aromatic carbocycles. The second-order valence-corrected chi connectivity index (χ2v) is 6.60. The molecule has 3 rings (SSSR count). The predicted octanol–water partition coefficient (Wildman–Crippen LogP) is 4.08. The Kier molecular flexibility index (Phi) is 7.28. The van der Waals surface area contributed by atoms with Crippen LogP contribution in [0.5, 0.6) is 0 Å². The molecule has 1 aliphatic rings. The number of aliphatic imine (C=N–C) groups is 1. The third kappa shape index (κ3) is 5.20. The number of hydrogen-bond donors (Lipinski definition) is 1. The summed E-state index contributed by atoms with van der Waals surface area (Å²) >= 11 is 0. The number of likely N-dealkylation sites (tertiary alicyclic amines) is 1. The molecule has 1 saturated heterocycles. The summed E-state index contributed by atoms with van der Waals surface area (Å²) in [6.07, 6.45) is 4.24. The molecule has 0 aliphatic carbocycles. The first-order valence-corrected chi connectivity index (χ1v) is 8.62. The van der Waals surface area contributed by atoms with E-state index in [1.807, 2.05) is 19.2 Å². The fourth-order valence-electron chi connectivity index (χ4n) is 3.10. The molecule has 1 N–H and O–H groups in total. The SMILES string of the molecule is CN=C(NCc1coc(-c2ccc(C)cc2)n1)N1CCCC(C)C1.I. The van der Waals surface area contributed by atoms with Gasteiger partial charge in [0.25, 0.3) is 0 Å². The first-order chi connectivity index (χ1) is 11.7. The smallest absolute Gasteiger partial charge is 0.226 e. The largest absolute Gasteiger partial charge is 0.444 e. The maximum absolute atomic E-state index is 5.61. The van der Waals surface area contributed by atoms with Crippen molar-refractivity contribution in [3.05, 3.63) is 41.8 Å². The summed E-state index contributed by atoms with van der Waals surface area (Å²) in [4.78, 5) is 11.3. The Morgan fingerprint density at radius 3 is 2.80 bits per heavy atom. The maximum Gasteiger partial charge on any atom is 0.226 e. The minimum Gasteiger partial charge on any atom is -0.444 e. The molecule has 1 aromatic heterocycles. The van der Waals surface area contributed by atoms with Crippen LogP contribution in [0.4, 0.5) is 0 Å². The number of aryl methyl sites for hydroxylation is 1. The van der Waals surface area contributed by atoms with Gasteiger partial charge >= 0.3 is 0 Å². The number of guanidine groups is 1. The van der Waals surface area contributed by atoms with Gasteiger partial charge in [0, 0.05) is 25.7 Å². The van der Waals surface area contributed by atoms with Gasteiger partial charge in [-0.3, -0.25) is 4.99 Å². The number of nitrogens with one attached hydrogen (secondary N) is 1. The molecule has 0 amide bonds. The Labute approximate surface area is 166 Å². The topological polar surface area (TPSA) is 53.7 Å². The molecule has 25 heavy (non-hydrogen) atoms. The molecule has 1 fully saturated rings. The van der Waals surface area contributed by atoms with Gasteiger partial charge in [-0.1, -0.05) is 24.6 Å². The third-order valence-electron chi connectivity index (χ3n) is 4.45. The van der Waals surface area contributed by atoms with E-state index in [9.17, 15) is 0 Å². The van der Waals surface area contributed by atoms with E-state index < -0.39 is 0 Å². The van der Waals surface area contributed by atoms with E-state index in [2.05, 4.69) is 46.2 Å². The van der Waals surface area contributed by atoms with Gasteiger partial charge in [-0.2, -0.15) is 0 Å². The summed E-state index contributed by atoms with van der Waals surface area (Å²) < 4.78 is 5.61. The second kappa shape index (κ2) is 9.22. The lowest BCUT2D eigenvalue weighted by Crippen LogP contribution is -2.45. The molecule has 136 valence electrons. The molecule has 0 radical (unpaired) electrons. The van der Waals surface area contributed by atoms with Crippen molar-refractivity contribution in [2.24, 2.45) is 10.9 Å².